The molecule has 0 radical (unpaired) electrons. The van der Waals surface area contributed by atoms with Gasteiger partial charge in [-0.15, -0.1) is 0 Å². The molecule has 0 atom stereocenters. The van der Waals surface area contributed by atoms with Gasteiger partial charge in [0.15, 0.2) is 0 Å². The molecule has 1 aromatic rings. The van der Waals surface area contributed by atoms with Crippen molar-refractivity contribution in [3.05, 3.63) is 18.6 Å². The first-order chi connectivity index (χ1) is 7.49. The molecule has 0 saturated heterocycles. The van der Waals surface area contributed by atoms with Gasteiger partial charge in [-0.05, 0) is 12.1 Å². The molecule has 0 bridgehead atoms. The molecule has 0 spiro atoms. The van der Waals surface area contributed by atoms with Crippen LogP contribution in [0.4, 0.5) is 5.82 Å². The zero-order valence-electron chi connectivity index (χ0n) is 10.6. The van der Waals surface area contributed by atoms with Gasteiger partial charge < -0.3 is 9.64 Å². The summed E-state index contributed by atoms with van der Waals surface area (Å²) in [5.41, 5.74) is 0. The van der Waals surface area contributed by atoms with Crippen molar-refractivity contribution in [1.82, 2.24) is 9.97 Å². The van der Waals surface area contributed by atoms with Crippen LogP contribution in [0.5, 0.6) is 0 Å². The molecule has 1 heterocycles. The lowest BCUT2D eigenvalue weighted by Crippen LogP contribution is -2.26. The third kappa shape index (κ3) is 5.23. The highest BCUT2D eigenvalue weighted by molar-refractivity contribution is 6.76. The van der Waals surface area contributed by atoms with Crippen LogP contribution in [0.2, 0.25) is 25.7 Å². The number of anilines is 1. The summed E-state index contributed by atoms with van der Waals surface area (Å²) >= 11 is 0. The number of nitrogens with zero attached hydrogens (tertiary/aromatic N) is 3. The summed E-state index contributed by atoms with van der Waals surface area (Å²) in [7, 11) is 0.991. The van der Waals surface area contributed by atoms with Crippen molar-refractivity contribution in [3.63, 3.8) is 0 Å². The molecule has 0 saturated carbocycles. The smallest absolute Gasteiger partial charge is 0.133 e. The van der Waals surface area contributed by atoms with Crippen LogP contribution in [-0.2, 0) is 4.74 Å². The average Bonchev–Trinajstić information content (AvgIpc) is 2.24. The third-order valence-electron chi connectivity index (χ3n) is 2.24. The Kier molecular flexibility index (Phi) is 4.89. The van der Waals surface area contributed by atoms with E-state index in [0.717, 1.165) is 12.4 Å². The van der Waals surface area contributed by atoms with Crippen LogP contribution in [-0.4, -0.2) is 38.4 Å². The first-order valence-corrected chi connectivity index (χ1v) is 9.25. The van der Waals surface area contributed by atoms with Crippen molar-refractivity contribution in [2.75, 3.05) is 25.3 Å². The second-order valence-electron chi connectivity index (χ2n) is 5.11. The van der Waals surface area contributed by atoms with Crippen LogP contribution in [0, 0.1) is 0 Å². The highest BCUT2D eigenvalue weighted by Crippen LogP contribution is 2.09. The summed E-state index contributed by atoms with van der Waals surface area (Å²) in [5, 5.41) is 0. The fraction of sp³-hybridized carbons (Fsp3) is 0.636. The number of aromatic nitrogens is 2. The fourth-order valence-corrected chi connectivity index (χ4v) is 1.91. The standard InChI is InChI=1S/C11H21N3OSi/c1-14(11-5-6-12-9-13-11)10-15-7-8-16(2,3)4/h5-6,9H,7-8,10H2,1-4H3. The maximum absolute atomic E-state index is 5.63. The van der Waals surface area contributed by atoms with Crippen molar-refractivity contribution in [2.45, 2.75) is 25.7 Å². The van der Waals surface area contributed by atoms with E-state index >= 15 is 0 Å². The molecule has 0 unspecified atom stereocenters. The summed E-state index contributed by atoms with van der Waals surface area (Å²) in [6.07, 6.45) is 3.29. The molecule has 90 valence electrons. The lowest BCUT2D eigenvalue weighted by molar-refractivity contribution is 0.149. The van der Waals surface area contributed by atoms with E-state index in [1.807, 2.05) is 18.0 Å². The first kappa shape index (κ1) is 13.1. The highest BCUT2D eigenvalue weighted by atomic mass is 28.3. The topological polar surface area (TPSA) is 38.2 Å². The summed E-state index contributed by atoms with van der Waals surface area (Å²) in [5.74, 6) is 0.892. The Bertz CT molecular complexity index is 300. The molecule has 4 nitrogen and oxygen atoms in total. The van der Waals surface area contributed by atoms with Gasteiger partial charge in [0.25, 0.3) is 0 Å². The van der Waals surface area contributed by atoms with E-state index in [9.17, 15) is 0 Å². The van der Waals surface area contributed by atoms with Crippen LogP contribution in [0.25, 0.3) is 0 Å². The van der Waals surface area contributed by atoms with Crippen LogP contribution >= 0.6 is 0 Å². The fourth-order valence-electron chi connectivity index (χ4n) is 1.16. The molecule has 0 amide bonds. The van der Waals surface area contributed by atoms with Gasteiger partial charge >= 0.3 is 0 Å². The summed E-state index contributed by atoms with van der Waals surface area (Å²) in [6.45, 7) is 8.48. The minimum absolute atomic E-state index is 0.585. The van der Waals surface area contributed by atoms with E-state index in [2.05, 4.69) is 29.6 Å². The highest BCUT2D eigenvalue weighted by Gasteiger charge is 2.12. The van der Waals surface area contributed by atoms with Gasteiger partial charge in [0.1, 0.15) is 18.9 Å². The van der Waals surface area contributed by atoms with E-state index < -0.39 is 8.07 Å². The second-order valence-corrected chi connectivity index (χ2v) is 10.7. The average molecular weight is 239 g/mol. The molecular formula is C11H21N3OSi. The van der Waals surface area contributed by atoms with E-state index in [1.165, 1.54) is 6.04 Å². The molecule has 16 heavy (non-hydrogen) atoms. The lowest BCUT2D eigenvalue weighted by Gasteiger charge is -2.20. The van der Waals surface area contributed by atoms with Gasteiger partial charge in [0.2, 0.25) is 0 Å². The molecule has 5 heteroatoms. The Balaban J connectivity index is 2.24. The van der Waals surface area contributed by atoms with Gasteiger partial charge in [0.05, 0.1) is 0 Å². The maximum Gasteiger partial charge on any atom is 0.133 e. The van der Waals surface area contributed by atoms with Crippen molar-refractivity contribution in [2.24, 2.45) is 0 Å². The van der Waals surface area contributed by atoms with Gasteiger partial charge in [-0.25, -0.2) is 9.97 Å². The van der Waals surface area contributed by atoms with E-state index in [0.29, 0.717) is 6.73 Å². The number of rotatable bonds is 6. The van der Waals surface area contributed by atoms with Crippen LogP contribution < -0.4 is 4.90 Å². The van der Waals surface area contributed by atoms with Gasteiger partial charge in [-0.1, -0.05) is 19.6 Å². The van der Waals surface area contributed by atoms with Gasteiger partial charge in [-0.3, -0.25) is 0 Å². The molecule has 0 aliphatic rings. The summed E-state index contributed by atoms with van der Waals surface area (Å²) < 4.78 is 5.63. The van der Waals surface area contributed by atoms with E-state index in [4.69, 9.17) is 4.74 Å². The minimum Gasteiger partial charge on any atom is -0.361 e. The largest absolute Gasteiger partial charge is 0.361 e. The summed E-state index contributed by atoms with van der Waals surface area (Å²) in [4.78, 5) is 10.0. The Morgan fingerprint density at radius 3 is 2.69 bits per heavy atom. The Morgan fingerprint density at radius 2 is 2.12 bits per heavy atom. The zero-order valence-corrected chi connectivity index (χ0v) is 11.6. The maximum atomic E-state index is 5.63. The van der Waals surface area contributed by atoms with Crippen LogP contribution in [0.1, 0.15) is 0 Å². The molecule has 0 aromatic carbocycles. The zero-order chi connectivity index (χ0) is 12.0. The van der Waals surface area contributed by atoms with E-state index in [1.54, 1.807) is 12.5 Å². The van der Waals surface area contributed by atoms with Crippen molar-refractivity contribution < 1.29 is 4.74 Å². The van der Waals surface area contributed by atoms with Crippen molar-refractivity contribution >= 4 is 13.9 Å². The SMILES string of the molecule is CN(COCC[Si](C)(C)C)c1ccncn1. The van der Waals surface area contributed by atoms with Gasteiger partial charge in [0, 0.05) is 27.9 Å². The number of hydrogen-bond acceptors (Lipinski definition) is 4. The van der Waals surface area contributed by atoms with Crippen molar-refractivity contribution in [3.8, 4) is 0 Å². The predicted molar refractivity (Wildman–Crippen MR) is 69.4 cm³/mol. The van der Waals surface area contributed by atoms with E-state index in [-0.39, 0.29) is 0 Å². The molecule has 1 rings (SSSR count). The van der Waals surface area contributed by atoms with Crippen molar-refractivity contribution in [1.29, 1.82) is 0 Å². The third-order valence-corrected chi connectivity index (χ3v) is 3.94. The Morgan fingerprint density at radius 1 is 1.38 bits per heavy atom. The Hall–Kier alpha value is -0.943. The minimum atomic E-state index is -0.978. The quantitative estimate of drug-likeness (QED) is 0.433. The Labute approximate surface area is 98.7 Å². The lowest BCUT2D eigenvalue weighted by atomic mass is 10.5. The molecule has 0 aliphatic carbocycles. The van der Waals surface area contributed by atoms with Crippen LogP contribution in [0.15, 0.2) is 18.6 Å². The monoisotopic (exact) mass is 239 g/mol. The number of ether oxygens (including phenoxy) is 1. The molecule has 1 aromatic heterocycles. The number of hydrogen-bond donors (Lipinski definition) is 0. The molecule has 0 aliphatic heterocycles. The van der Waals surface area contributed by atoms with Crippen LogP contribution in [0.3, 0.4) is 0 Å². The predicted octanol–water partition coefficient (Wildman–Crippen LogP) is 2.23. The summed E-state index contributed by atoms with van der Waals surface area (Å²) in [6, 6.07) is 3.08. The first-order valence-electron chi connectivity index (χ1n) is 5.54. The van der Waals surface area contributed by atoms with Gasteiger partial charge in [-0.2, -0.15) is 0 Å². The molecule has 0 N–H and O–H groups in total. The normalized spacial score (nSPS) is 11.5. The molecular weight excluding hydrogens is 218 g/mol. The molecule has 0 fully saturated rings. The second kappa shape index (κ2) is 5.96.